The fourth-order valence-electron chi connectivity index (χ4n) is 3.55. The Kier molecular flexibility index (Phi) is 8.40. The van der Waals surface area contributed by atoms with Gasteiger partial charge in [0.05, 0.1) is 34.0 Å². The minimum absolute atomic E-state index is 0.0984. The molecule has 0 radical (unpaired) electrons. The van der Waals surface area contributed by atoms with E-state index in [1.807, 2.05) is 32.0 Å². The third kappa shape index (κ3) is 6.31. The summed E-state index contributed by atoms with van der Waals surface area (Å²) < 4.78 is 21.9. The van der Waals surface area contributed by atoms with Crippen molar-refractivity contribution < 1.29 is 28.5 Å². The van der Waals surface area contributed by atoms with E-state index in [2.05, 4.69) is 5.32 Å². The smallest absolute Gasteiger partial charge is 0.251 e. The van der Waals surface area contributed by atoms with Crippen LogP contribution in [0.3, 0.4) is 0 Å². The maximum atomic E-state index is 13.0. The van der Waals surface area contributed by atoms with Crippen molar-refractivity contribution in [1.29, 1.82) is 0 Å². The molecule has 2 aromatic carbocycles. The van der Waals surface area contributed by atoms with Gasteiger partial charge in [0.25, 0.3) is 5.91 Å². The predicted molar refractivity (Wildman–Crippen MR) is 124 cm³/mol. The zero-order valence-electron chi connectivity index (χ0n) is 19.7. The van der Waals surface area contributed by atoms with Crippen LogP contribution in [-0.4, -0.2) is 56.7 Å². The molecule has 1 aliphatic carbocycles. The van der Waals surface area contributed by atoms with Crippen molar-refractivity contribution >= 4 is 11.8 Å². The zero-order chi connectivity index (χ0) is 23.8. The van der Waals surface area contributed by atoms with Crippen LogP contribution < -0.4 is 24.3 Å². The van der Waals surface area contributed by atoms with E-state index in [-0.39, 0.29) is 24.4 Å². The van der Waals surface area contributed by atoms with E-state index in [0.717, 1.165) is 18.4 Å². The van der Waals surface area contributed by atoms with Crippen molar-refractivity contribution in [2.75, 3.05) is 34.0 Å². The molecule has 33 heavy (non-hydrogen) atoms. The van der Waals surface area contributed by atoms with E-state index < -0.39 is 0 Å². The zero-order valence-corrected chi connectivity index (χ0v) is 19.7. The Morgan fingerprint density at radius 1 is 0.939 bits per heavy atom. The van der Waals surface area contributed by atoms with Crippen LogP contribution in [0.1, 0.15) is 42.6 Å². The van der Waals surface area contributed by atoms with E-state index in [0.29, 0.717) is 48.3 Å². The summed E-state index contributed by atoms with van der Waals surface area (Å²) in [5.41, 5.74) is 1.26. The van der Waals surface area contributed by atoms with Gasteiger partial charge in [0.2, 0.25) is 5.91 Å². The Morgan fingerprint density at radius 2 is 1.64 bits per heavy atom. The van der Waals surface area contributed by atoms with E-state index in [1.54, 1.807) is 37.3 Å². The lowest BCUT2D eigenvalue weighted by Crippen LogP contribution is -2.41. The molecule has 0 unspecified atom stereocenters. The molecule has 0 spiro atoms. The van der Waals surface area contributed by atoms with Crippen LogP contribution in [-0.2, 0) is 11.3 Å². The Labute approximate surface area is 194 Å². The van der Waals surface area contributed by atoms with Crippen molar-refractivity contribution in [1.82, 2.24) is 10.2 Å². The highest BCUT2D eigenvalue weighted by atomic mass is 16.5. The van der Waals surface area contributed by atoms with Crippen LogP contribution in [0.4, 0.5) is 0 Å². The Morgan fingerprint density at radius 3 is 2.27 bits per heavy atom. The summed E-state index contributed by atoms with van der Waals surface area (Å²) in [6, 6.07) is 10.7. The van der Waals surface area contributed by atoms with Gasteiger partial charge in [-0.1, -0.05) is 0 Å². The molecular weight excluding hydrogens is 424 g/mol. The first-order chi connectivity index (χ1) is 16.0. The number of ether oxygens (including phenoxy) is 4. The van der Waals surface area contributed by atoms with Gasteiger partial charge in [-0.15, -0.1) is 0 Å². The molecule has 2 aromatic rings. The number of hydrogen-bond donors (Lipinski definition) is 1. The summed E-state index contributed by atoms with van der Waals surface area (Å²) in [4.78, 5) is 27.5. The highest BCUT2D eigenvalue weighted by Gasteiger charge is 2.33. The van der Waals surface area contributed by atoms with Gasteiger partial charge in [0.15, 0.2) is 11.5 Å². The molecule has 0 aromatic heterocycles. The van der Waals surface area contributed by atoms with E-state index in [4.69, 9.17) is 18.9 Å². The first-order valence-electron chi connectivity index (χ1n) is 11.2. The molecule has 0 aliphatic heterocycles. The summed E-state index contributed by atoms with van der Waals surface area (Å²) in [5.74, 6) is 1.98. The number of hydrogen-bond acceptors (Lipinski definition) is 6. The number of nitrogens with zero attached hydrogens (tertiary/aromatic N) is 1. The fourth-order valence-corrected chi connectivity index (χ4v) is 3.55. The fraction of sp³-hybridized carbons (Fsp3) is 0.440. The minimum Gasteiger partial charge on any atom is -0.497 e. The molecule has 8 nitrogen and oxygen atoms in total. The molecular formula is C25H32N2O6. The maximum Gasteiger partial charge on any atom is 0.251 e. The number of methoxy groups -OCH3 is 2. The van der Waals surface area contributed by atoms with Crippen molar-refractivity contribution in [3.8, 4) is 23.0 Å². The van der Waals surface area contributed by atoms with Crippen LogP contribution in [0.5, 0.6) is 23.0 Å². The molecule has 3 rings (SSSR count). The number of amides is 2. The molecule has 2 amide bonds. The number of benzene rings is 2. The summed E-state index contributed by atoms with van der Waals surface area (Å²) in [7, 11) is 3.20. The Balaban J connectivity index is 1.67. The third-order valence-corrected chi connectivity index (χ3v) is 5.34. The number of carbonyl (C=O) groups is 2. The monoisotopic (exact) mass is 456 g/mol. The van der Waals surface area contributed by atoms with Crippen LogP contribution in [0.2, 0.25) is 0 Å². The molecule has 1 fully saturated rings. The van der Waals surface area contributed by atoms with Gasteiger partial charge in [-0.2, -0.15) is 0 Å². The van der Waals surface area contributed by atoms with Crippen molar-refractivity contribution in [2.45, 2.75) is 39.3 Å². The molecule has 178 valence electrons. The van der Waals surface area contributed by atoms with Crippen molar-refractivity contribution in [3.05, 3.63) is 47.5 Å². The van der Waals surface area contributed by atoms with E-state index in [9.17, 15) is 9.59 Å². The second-order valence-corrected chi connectivity index (χ2v) is 7.64. The number of rotatable bonds is 12. The Hall–Kier alpha value is -3.42. The molecule has 0 heterocycles. The number of carbonyl (C=O) groups excluding carboxylic acids is 2. The SMILES string of the molecule is CCOc1ccc(C(=O)NCC(=O)N(Cc2cc(OC)ccc2OC)C2CC2)cc1OCC. The van der Waals surface area contributed by atoms with Crippen molar-refractivity contribution in [3.63, 3.8) is 0 Å². The van der Waals surface area contributed by atoms with E-state index in [1.165, 1.54) is 0 Å². The molecule has 8 heteroatoms. The minimum atomic E-state index is -0.345. The van der Waals surface area contributed by atoms with Crippen molar-refractivity contribution in [2.24, 2.45) is 0 Å². The highest BCUT2D eigenvalue weighted by Crippen LogP contribution is 2.32. The second-order valence-electron chi connectivity index (χ2n) is 7.64. The average Bonchev–Trinajstić information content (AvgIpc) is 3.67. The first kappa shape index (κ1) is 24.2. The summed E-state index contributed by atoms with van der Waals surface area (Å²) in [6.07, 6.45) is 1.89. The standard InChI is InChI=1S/C25H32N2O6/c1-5-32-22-11-7-17(14-23(22)33-6-2)25(29)26-15-24(28)27(19-8-9-19)16-18-13-20(30-3)10-12-21(18)31-4/h7,10-14,19H,5-6,8-9,15-16H2,1-4H3,(H,26,29). The van der Waals surface area contributed by atoms with Gasteiger partial charge in [-0.25, -0.2) is 0 Å². The highest BCUT2D eigenvalue weighted by molar-refractivity contribution is 5.97. The van der Waals surface area contributed by atoms with Crippen LogP contribution in [0, 0.1) is 0 Å². The van der Waals surface area contributed by atoms with Gasteiger partial charge >= 0.3 is 0 Å². The van der Waals surface area contributed by atoms with Crippen LogP contribution >= 0.6 is 0 Å². The lowest BCUT2D eigenvalue weighted by atomic mass is 10.1. The maximum absolute atomic E-state index is 13.0. The normalized spacial score (nSPS) is 12.6. The largest absolute Gasteiger partial charge is 0.497 e. The first-order valence-corrected chi connectivity index (χ1v) is 11.2. The third-order valence-electron chi connectivity index (χ3n) is 5.34. The van der Waals surface area contributed by atoms with Gasteiger partial charge in [0.1, 0.15) is 11.5 Å². The number of nitrogens with one attached hydrogen (secondary N) is 1. The van der Waals surface area contributed by atoms with Crippen LogP contribution in [0.25, 0.3) is 0 Å². The Bertz CT molecular complexity index is 973. The second kappa shape index (κ2) is 11.4. The predicted octanol–water partition coefficient (Wildman–Crippen LogP) is 3.42. The van der Waals surface area contributed by atoms with Gasteiger partial charge in [-0.05, 0) is 63.1 Å². The van der Waals surface area contributed by atoms with Gasteiger partial charge in [-0.3, -0.25) is 9.59 Å². The summed E-state index contributed by atoms with van der Waals surface area (Å²) in [6.45, 7) is 4.98. The van der Waals surface area contributed by atoms with Gasteiger partial charge in [0, 0.05) is 23.7 Å². The van der Waals surface area contributed by atoms with E-state index >= 15 is 0 Å². The topological polar surface area (TPSA) is 86.3 Å². The molecule has 0 atom stereocenters. The molecule has 1 N–H and O–H groups in total. The summed E-state index contributed by atoms with van der Waals surface area (Å²) >= 11 is 0. The summed E-state index contributed by atoms with van der Waals surface area (Å²) in [5, 5.41) is 2.74. The molecule has 1 saturated carbocycles. The lowest BCUT2D eigenvalue weighted by molar-refractivity contribution is -0.131. The average molecular weight is 457 g/mol. The molecule has 0 bridgehead atoms. The van der Waals surface area contributed by atoms with Crippen LogP contribution in [0.15, 0.2) is 36.4 Å². The molecule has 1 aliphatic rings. The lowest BCUT2D eigenvalue weighted by Gasteiger charge is -2.24. The quantitative estimate of drug-likeness (QED) is 0.527. The molecule has 0 saturated heterocycles. The van der Waals surface area contributed by atoms with Gasteiger partial charge < -0.3 is 29.2 Å².